The molecule has 2 N–H and O–H groups in total. The van der Waals surface area contributed by atoms with Gasteiger partial charge in [-0.2, -0.15) is 0 Å². The zero-order valence-electron chi connectivity index (χ0n) is 15.3. The minimum Gasteiger partial charge on any atom is -0.379 e. The molecule has 0 aliphatic carbocycles. The number of rotatable bonds is 7. The summed E-state index contributed by atoms with van der Waals surface area (Å²) in [6, 6.07) is 9.20. The molecule has 0 amide bonds. The van der Waals surface area contributed by atoms with Crippen LogP contribution >= 0.6 is 0 Å². The minimum absolute atomic E-state index is 0.333. The summed E-state index contributed by atoms with van der Waals surface area (Å²) in [6.45, 7) is 9.70. The smallest absolute Gasteiger partial charge is 0.191 e. The number of benzene rings is 1. The van der Waals surface area contributed by atoms with Crippen molar-refractivity contribution >= 4 is 5.96 Å². The number of aryl methyl sites for hydroxylation is 1. The fraction of sp³-hybridized carbons (Fsp3) is 0.632. The first-order chi connectivity index (χ1) is 11.7. The Morgan fingerprint density at radius 2 is 1.92 bits per heavy atom. The van der Waals surface area contributed by atoms with Gasteiger partial charge < -0.3 is 15.4 Å². The van der Waals surface area contributed by atoms with Gasteiger partial charge in [0, 0.05) is 33.2 Å². The second-order valence-corrected chi connectivity index (χ2v) is 6.31. The summed E-state index contributed by atoms with van der Waals surface area (Å²) in [5, 5.41) is 6.88. The van der Waals surface area contributed by atoms with Crippen LogP contribution in [-0.4, -0.2) is 57.3 Å². The molecule has 0 radical (unpaired) electrons. The third-order valence-electron chi connectivity index (χ3n) is 4.46. The monoisotopic (exact) mass is 332 g/mol. The molecule has 5 heteroatoms. The zero-order chi connectivity index (χ0) is 17.2. The number of hydrogen-bond donors (Lipinski definition) is 2. The SMILES string of the molecule is CCCCNC(=NC)NCC(c1ccc(C)cc1)N1CCOCC1. The molecular formula is C19H32N4O. The van der Waals surface area contributed by atoms with Crippen molar-refractivity contribution in [2.24, 2.45) is 4.99 Å². The number of ether oxygens (including phenoxy) is 1. The van der Waals surface area contributed by atoms with Crippen molar-refractivity contribution in [3.8, 4) is 0 Å². The maximum absolute atomic E-state index is 5.52. The Balaban J connectivity index is 2.01. The first kappa shape index (κ1) is 18.7. The van der Waals surface area contributed by atoms with Crippen molar-refractivity contribution in [2.75, 3.05) is 46.4 Å². The lowest BCUT2D eigenvalue weighted by atomic mass is 10.0. The lowest BCUT2D eigenvalue weighted by molar-refractivity contribution is 0.0170. The van der Waals surface area contributed by atoms with Crippen molar-refractivity contribution in [3.63, 3.8) is 0 Å². The molecule has 1 saturated heterocycles. The molecule has 2 rings (SSSR count). The van der Waals surface area contributed by atoms with Gasteiger partial charge in [-0.3, -0.25) is 9.89 Å². The van der Waals surface area contributed by atoms with Gasteiger partial charge in [-0.25, -0.2) is 0 Å². The quantitative estimate of drug-likeness (QED) is 0.457. The maximum atomic E-state index is 5.52. The highest BCUT2D eigenvalue weighted by atomic mass is 16.5. The second kappa shape index (κ2) is 10.3. The van der Waals surface area contributed by atoms with E-state index < -0.39 is 0 Å². The summed E-state index contributed by atoms with van der Waals surface area (Å²) < 4.78 is 5.52. The molecule has 1 aliphatic heterocycles. The fourth-order valence-electron chi connectivity index (χ4n) is 2.93. The molecule has 0 aromatic heterocycles. The van der Waals surface area contributed by atoms with E-state index in [1.807, 2.05) is 7.05 Å². The number of nitrogens with one attached hydrogen (secondary N) is 2. The fourth-order valence-corrected chi connectivity index (χ4v) is 2.93. The summed E-state index contributed by atoms with van der Waals surface area (Å²) in [6.07, 6.45) is 2.34. The van der Waals surface area contributed by atoms with Gasteiger partial charge in [-0.15, -0.1) is 0 Å². The van der Waals surface area contributed by atoms with Crippen molar-refractivity contribution < 1.29 is 4.74 Å². The molecule has 1 heterocycles. The highest BCUT2D eigenvalue weighted by Gasteiger charge is 2.22. The van der Waals surface area contributed by atoms with Gasteiger partial charge in [0.05, 0.1) is 19.3 Å². The second-order valence-electron chi connectivity index (χ2n) is 6.31. The summed E-state index contributed by atoms with van der Waals surface area (Å²) >= 11 is 0. The van der Waals surface area contributed by atoms with Crippen molar-refractivity contribution in [2.45, 2.75) is 32.7 Å². The lowest BCUT2D eigenvalue weighted by Crippen LogP contribution is -2.46. The van der Waals surface area contributed by atoms with Crippen LogP contribution in [0.5, 0.6) is 0 Å². The standard InChI is InChI=1S/C19H32N4O/c1-4-5-10-21-19(20-3)22-15-18(23-11-13-24-14-12-23)17-8-6-16(2)7-9-17/h6-9,18H,4-5,10-15H2,1-3H3,(H2,20,21,22). The van der Waals surface area contributed by atoms with E-state index >= 15 is 0 Å². The molecule has 1 atom stereocenters. The van der Waals surface area contributed by atoms with Crippen LogP contribution in [0.1, 0.15) is 36.9 Å². The van der Waals surface area contributed by atoms with E-state index in [1.54, 1.807) is 0 Å². The Labute approximate surface area is 146 Å². The van der Waals surface area contributed by atoms with Crippen LogP contribution in [-0.2, 0) is 4.74 Å². The number of guanidine groups is 1. The lowest BCUT2D eigenvalue weighted by Gasteiger charge is -2.35. The van der Waals surface area contributed by atoms with E-state index in [1.165, 1.54) is 17.5 Å². The van der Waals surface area contributed by atoms with Crippen LogP contribution in [0, 0.1) is 6.92 Å². The molecule has 0 saturated carbocycles. The predicted octanol–water partition coefficient (Wildman–Crippen LogP) is 2.33. The summed E-state index contributed by atoms with van der Waals surface area (Å²) in [5.74, 6) is 0.883. The van der Waals surface area contributed by atoms with E-state index in [9.17, 15) is 0 Å². The molecule has 1 aromatic rings. The van der Waals surface area contributed by atoms with Gasteiger partial charge in [0.15, 0.2) is 5.96 Å². The largest absolute Gasteiger partial charge is 0.379 e. The highest BCUT2D eigenvalue weighted by molar-refractivity contribution is 5.79. The Kier molecular flexibility index (Phi) is 8.05. The average molecular weight is 332 g/mol. The molecule has 1 aromatic carbocycles. The van der Waals surface area contributed by atoms with Crippen LogP contribution in [0.4, 0.5) is 0 Å². The Bertz CT molecular complexity index is 495. The average Bonchev–Trinajstić information content (AvgIpc) is 2.63. The predicted molar refractivity (Wildman–Crippen MR) is 101 cm³/mol. The summed E-state index contributed by atoms with van der Waals surface area (Å²) in [4.78, 5) is 6.84. The molecule has 1 unspecified atom stereocenters. The number of aliphatic imine (C=N–C) groups is 1. The van der Waals surface area contributed by atoms with Gasteiger partial charge in [0.25, 0.3) is 0 Å². The Morgan fingerprint density at radius 1 is 1.21 bits per heavy atom. The van der Waals surface area contributed by atoms with Crippen LogP contribution in [0.15, 0.2) is 29.3 Å². The highest BCUT2D eigenvalue weighted by Crippen LogP contribution is 2.21. The van der Waals surface area contributed by atoms with Gasteiger partial charge in [0.1, 0.15) is 0 Å². The minimum atomic E-state index is 0.333. The maximum Gasteiger partial charge on any atom is 0.191 e. The number of hydrogen-bond acceptors (Lipinski definition) is 3. The molecule has 24 heavy (non-hydrogen) atoms. The molecular weight excluding hydrogens is 300 g/mol. The first-order valence-corrected chi connectivity index (χ1v) is 9.07. The van der Waals surface area contributed by atoms with Crippen LogP contribution in [0.3, 0.4) is 0 Å². The van der Waals surface area contributed by atoms with Gasteiger partial charge in [0.2, 0.25) is 0 Å². The third-order valence-corrected chi connectivity index (χ3v) is 4.46. The summed E-state index contributed by atoms with van der Waals surface area (Å²) in [7, 11) is 1.83. The molecule has 0 bridgehead atoms. The van der Waals surface area contributed by atoms with Gasteiger partial charge >= 0.3 is 0 Å². The van der Waals surface area contributed by atoms with E-state index in [2.05, 4.69) is 58.6 Å². The normalized spacial score (nSPS) is 17.5. The molecule has 1 aliphatic rings. The molecule has 134 valence electrons. The van der Waals surface area contributed by atoms with E-state index in [4.69, 9.17) is 4.74 Å². The van der Waals surface area contributed by atoms with E-state index in [0.717, 1.165) is 51.8 Å². The first-order valence-electron chi connectivity index (χ1n) is 9.07. The van der Waals surface area contributed by atoms with Gasteiger partial charge in [-0.05, 0) is 18.9 Å². The van der Waals surface area contributed by atoms with Crippen molar-refractivity contribution in [1.29, 1.82) is 0 Å². The number of unbranched alkanes of at least 4 members (excludes halogenated alkanes) is 1. The van der Waals surface area contributed by atoms with Crippen LogP contribution < -0.4 is 10.6 Å². The van der Waals surface area contributed by atoms with Crippen LogP contribution in [0.25, 0.3) is 0 Å². The zero-order valence-corrected chi connectivity index (χ0v) is 15.3. The Hall–Kier alpha value is -1.59. The van der Waals surface area contributed by atoms with E-state index in [0.29, 0.717) is 6.04 Å². The molecule has 1 fully saturated rings. The molecule has 5 nitrogen and oxygen atoms in total. The molecule has 0 spiro atoms. The van der Waals surface area contributed by atoms with Crippen LogP contribution in [0.2, 0.25) is 0 Å². The van der Waals surface area contributed by atoms with Crippen molar-refractivity contribution in [3.05, 3.63) is 35.4 Å². The van der Waals surface area contributed by atoms with Gasteiger partial charge in [-0.1, -0.05) is 43.2 Å². The summed E-state index contributed by atoms with van der Waals surface area (Å²) in [5.41, 5.74) is 2.64. The Morgan fingerprint density at radius 3 is 2.54 bits per heavy atom. The van der Waals surface area contributed by atoms with E-state index in [-0.39, 0.29) is 0 Å². The van der Waals surface area contributed by atoms with Crippen molar-refractivity contribution in [1.82, 2.24) is 15.5 Å². The third kappa shape index (κ3) is 5.80. The number of nitrogens with zero attached hydrogens (tertiary/aromatic N) is 2. The topological polar surface area (TPSA) is 48.9 Å². The number of morpholine rings is 1.